The maximum atomic E-state index is 14.1. The molecule has 1 heterocycles. The van der Waals surface area contributed by atoms with Crippen molar-refractivity contribution in [2.45, 2.75) is 6.54 Å². The van der Waals surface area contributed by atoms with Crippen molar-refractivity contribution in [3.05, 3.63) is 29.3 Å². The molecule has 1 aliphatic heterocycles. The van der Waals surface area contributed by atoms with Gasteiger partial charge in [0.25, 0.3) is 0 Å². The summed E-state index contributed by atoms with van der Waals surface area (Å²) in [7, 11) is 1.61. The number of nitrogens with zero attached hydrogens (tertiary/aromatic N) is 1. The van der Waals surface area contributed by atoms with Gasteiger partial charge in [0.2, 0.25) is 0 Å². The Labute approximate surface area is 117 Å². The van der Waals surface area contributed by atoms with Crippen molar-refractivity contribution in [2.24, 2.45) is 0 Å². The third-order valence-electron chi connectivity index (χ3n) is 3.22. The molecule has 1 aromatic rings. The SMILES string of the molecule is COCCNCc1cc(F)c(N2CCOCC2)c(F)c1. The highest BCUT2D eigenvalue weighted by Crippen LogP contribution is 2.25. The first-order chi connectivity index (χ1) is 9.72. The van der Waals surface area contributed by atoms with Crippen molar-refractivity contribution in [3.8, 4) is 0 Å². The number of rotatable bonds is 6. The summed E-state index contributed by atoms with van der Waals surface area (Å²) in [6, 6.07) is 2.77. The Bertz CT molecular complexity index is 414. The average molecular weight is 286 g/mol. The van der Waals surface area contributed by atoms with Crippen LogP contribution in [0.15, 0.2) is 12.1 Å². The number of ether oxygens (including phenoxy) is 2. The van der Waals surface area contributed by atoms with Crippen molar-refractivity contribution in [1.29, 1.82) is 0 Å². The summed E-state index contributed by atoms with van der Waals surface area (Å²) in [4.78, 5) is 1.69. The zero-order chi connectivity index (χ0) is 14.4. The topological polar surface area (TPSA) is 33.7 Å². The Morgan fingerprint density at radius 2 is 1.90 bits per heavy atom. The van der Waals surface area contributed by atoms with Crippen molar-refractivity contribution in [2.75, 3.05) is 51.5 Å². The molecule has 0 radical (unpaired) electrons. The molecule has 0 amide bonds. The highest BCUT2D eigenvalue weighted by atomic mass is 19.1. The second kappa shape index (κ2) is 7.52. The monoisotopic (exact) mass is 286 g/mol. The van der Waals surface area contributed by atoms with Crippen LogP contribution in [0.5, 0.6) is 0 Å². The molecule has 20 heavy (non-hydrogen) atoms. The zero-order valence-electron chi connectivity index (χ0n) is 11.6. The van der Waals surface area contributed by atoms with Gasteiger partial charge >= 0.3 is 0 Å². The summed E-state index contributed by atoms with van der Waals surface area (Å²) in [5, 5.41) is 3.06. The molecule has 0 unspecified atom stereocenters. The van der Waals surface area contributed by atoms with Gasteiger partial charge in [0.15, 0.2) is 0 Å². The Balaban J connectivity index is 2.04. The smallest absolute Gasteiger partial charge is 0.149 e. The second-order valence-corrected chi connectivity index (χ2v) is 4.68. The van der Waals surface area contributed by atoms with Gasteiger partial charge in [-0.2, -0.15) is 0 Å². The normalized spacial score (nSPS) is 15.7. The summed E-state index contributed by atoms with van der Waals surface area (Å²) >= 11 is 0. The van der Waals surface area contributed by atoms with E-state index in [1.165, 1.54) is 12.1 Å². The maximum absolute atomic E-state index is 14.1. The second-order valence-electron chi connectivity index (χ2n) is 4.68. The number of hydrogen-bond acceptors (Lipinski definition) is 4. The largest absolute Gasteiger partial charge is 0.383 e. The van der Waals surface area contributed by atoms with E-state index in [4.69, 9.17) is 9.47 Å². The molecule has 4 nitrogen and oxygen atoms in total. The molecule has 1 N–H and O–H groups in total. The van der Waals surface area contributed by atoms with E-state index in [0.717, 1.165) is 0 Å². The molecule has 112 valence electrons. The van der Waals surface area contributed by atoms with E-state index in [-0.39, 0.29) is 5.69 Å². The fourth-order valence-corrected chi connectivity index (χ4v) is 2.22. The van der Waals surface area contributed by atoms with Crippen LogP contribution in [0.1, 0.15) is 5.56 Å². The van der Waals surface area contributed by atoms with Gasteiger partial charge in [-0.3, -0.25) is 0 Å². The number of methoxy groups -OCH3 is 1. The molecule has 0 bridgehead atoms. The standard InChI is InChI=1S/C14H20F2N2O2/c1-19-5-2-17-10-11-8-12(15)14(13(16)9-11)18-3-6-20-7-4-18/h8-9,17H,2-7,10H2,1H3. The molecule has 6 heteroatoms. The minimum atomic E-state index is -0.518. The van der Waals surface area contributed by atoms with Crippen LogP contribution in [0.4, 0.5) is 14.5 Å². The molecule has 0 saturated carbocycles. The summed E-state index contributed by atoms with van der Waals surface area (Å²) in [6.45, 7) is 3.65. The van der Waals surface area contributed by atoms with Gasteiger partial charge in [-0.05, 0) is 17.7 Å². The Morgan fingerprint density at radius 3 is 2.50 bits per heavy atom. The Kier molecular flexibility index (Phi) is 5.70. The van der Waals surface area contributed by atoms with Crippen molar-refractivity contribution in [3.63, 3.8) is 0 Å². The first kappa shape index (κ1) is 15.2. The predicted molar refractivity (Wildman–Crippen MR) is 73.0 cm³/mol. The highest BCUT2D eigenvalue weighted by Gasteiger charge is 2.20. The number of benzene rings is 1. The first-order valence-electron chi connectivity index (χ1n) is 6.72. The molecule has 0 atom stereocenters. The van der Waals surface area contributed by atoms with Gasteiger partial charge < -0.3 is 19.7 Å². The number of anilines is 1. The third kappa shape index (κ3) is 3.88. The first-order valence-corrected chi connectivity index (χ1v) is 6.72. The zero-order valence-corrected chi connectivity index (χ0v) is 11.6. The van der Waals surface area contributed by atoms with Crippen molar-refractivity contribution < 1.29 is 18.3 Å². The van der Waals surface area contributed by atoms with E-state index in [0.29, 0.717) is 51.6 Å². The van der Waals surface area contributed by atoms with E-state index >= 15 is 0 Å². The van der Waals surface area contributed by atoms with Crippen LogP contribution in [0.3, 0.4) is 0 Å². The lowest BCUT2D eigenvalue weighted by atomic mass is 10.1. The van der Waals surface area contributed by atoms with E-state index in [1.807, 2.05) is 0 Å². The third-order valence-corrected chi connectivity index (χ3v) is 3.22. The molecular weight excluding hydrogens is 266 g/mol. The molecule has 0 spiro atoms. The Morgan fingerprint density at radius 1 is 1.25 bits per heavy atom. The van der Waals surface area contributed by atoms with E-state index in [9.17, 15) is 8.78 Å². The molecule has 1 aliphatic rings. The van der Waals surface area contributed by atoms with Crippen LogP contribution in [0.25, 0.3) is 0 Å². The predicted octanol–water partition coefficient (Wildman–Crippen LogP) is 1.54. The lowest BCUT2D eigenvalue weighted by molar-refractivity contribution is 0.122. The summed E-state index contributed by atoms with van der Waals surface area (Å²) < 4.78 is 38.3. The van der Waals surface area contributed by atoms with Crippen molar-refractivity contribution >= 4 is 5.69 Å². The van der Waals surface area contributed by atoms with Gasteiger partial charge in [0, 0.05) is 33.3 Å². The van der Waals surface area contributed by atoms with E-state index in [2.05, 4.69) is 5.32 Å². The van der Waals surface area contributed by atoms with Crippen LogP contribution in [-0.2, 0) is 16.0 Å². The molecule has 1 fully saturated rings. The number of nitrogens with one attached hydrogen (secondary N) is 1. The van der Waals surface area contributed by atoms with E-state index < -0.39 is 11.6 Å². The summed E-state index contributed by atoms with van der Waals surface area (Å²) in [5.74, 6) is -1.04. The summed E-state index contributed by atoms with van der Waals surface area (Å²) in [6.07, 6.45) is 0. The molecule has 0 aromatic heterocycles. The number of hydrogen-bond donors (Lipinski definition) is 1. The lowest BCUT2D eigenvalue weighted by Gasteiger charge is -2.29. The fourth-order valence-electron chi connectivity index (χ4n) is 2.22. The summed E-state index contributed by atoms with van der Waals surface area (Å²) in [5.41, 5.74) is 0.641. The van der Waals surface area contributed by atoms with Crippen LogP contribution in [0.2, 0.25) is 0 Å². The minimum absolute atomic E-state index is 0.0499. The van der Waals surface area contributed by atoms with Crippen LogP contribution < -0.4 is 10.2 Å². The molecule has 2 rings (SSSR count). The van der Waals surface area contributed by atoms with Gasteiger partial charge in [-0.1, -0.05) is 0 Å². The molecular formula is C14H20F2N2O2. The molecule has 1 aromatic carbocycles. The van der Waals surface area contributed by atoms with Gasteiger partial charge in [-0.25, -0.2) is 8.78 Å². The maximum Gasteiger partial charge on any atom is 0.149 e. The van der Waals surface area contributed by atoms with Crippen molar-refractivity contribution in [1.82, 2.24) is 5.32 Å². The van der Waals surface area contributed by atoms with E-state index in [1.54, 1.807) is 12.0 Å². The lowest BCUT2D eigenvalue weighted by Crippen LogP contribution is -2.37. The number of halogens is 2. The molecule has 0 aliphatic carbocycles. The minimum Gasteiger partial charge on any atom is -0.383 e. The highest BCUT2D eigenvalue weighted by molar-refractivity contribution is 5.51. The Hall–Kier alpha value is -1.24. The number of morpholine rings is 1. The fraction of sp³-hybridized carbons (Fsp3) is 0.571. The van der Waals surface area contributed by atoms with Gasteiger partial charge in [0.1, 0.15) is 17.3 Å². The quantitative estimate of drug-likeness (QED) is 0.804. The van der Waals surface area contributed by atoms with Crippen LogP contribution in [-0.4, -0.2) is 46.6 Å². The molecule has 1 saturated heterocycles. The van der Waals surface area contributed by atoms with Crippen LogP contribution in [0, 0.1) is 11.6 Å². The van der Waals surface area contributed by atoms with Gasteiger partial charge in [-0.15, -0.1) is 0 Å². The van der Waals surface area contributed by atoms with Gasteiger partial charge in [0.05, 0.1) is 19.8 Å². The van der Waals surface area contributed by atoms with Crippen LogP contribution >= 0.6 is 0 Å². The average Bonchev–Trinajstić information content (AvgIpc) is 2.44.